The molecule has 2 aromatic rings. The number of hydrogen-bond acceptors (Lipinski definition) is 4. The number of nitrogens with zero attached hydrogens (tertiary/aromatic N) is 2. The molecule has 1 aliphatic carbocycles. The molecular weight excluding hydrogens is 300 g/mol. The normalized spacial score (nSPS) is 15.6. The third-order valence-corrected chi connectivity index (χ3v) is 6.17. The Bertz CT molecular complexity index is 691. The molecule has 0 amide bonds. The van der Waals surface area contributed by atoms with Crippen LogP contribution in [0.25, 0.3) is 15.9 Å². The maximum atomic E-state index is 12.2. The lowest BCUT2D eigenvalue weighted by atomic mass is 10.1. The summed E-state index contributed by atoms with van der Waals surface area (Å²) in [5, 5.41) is 0. The van der Waals surface area contributed by atoms with E-state index in [1.807, 2.05) is 12.1 Å². The van der Waals surface area contributed by atoms with Crippen LogP contribution in [0.3, 0.4) is 0 Å². The lowest BCUT2D eigenvalue weighted by molar-refractivity contribution is 0.589. The van der Waals surface area contributed by atoms with E-state index in [0.717, 1.165) is 41.7 Å². The average molecular weight is 318 g/mol. The van der Waals surface area contributed by atoms with Crippen LogP contribution >= 0.6 is 11.3 Å². The van der Waals surface area contributed by atoms with Crippen molar-refractivity contribution in [3.63, 3.8) is 0 Å². The second kappa shape index (κ2) is 6.73. The first-order chi connectivity index (χ1) is 10.3. The minimum Gasteiger partial charge on any atom is -0.610 e. The summed E-state index contributed by atoms with van der Waals surface area (Å²) in [5.41, 5.74) is 3.09. The Morgan fingerprint density at radius 3 is 2.95 bits per heavy atom. The molecule has 1 aliphatic rings. The van der Waals surface area contributed by atoms with Gasteiger partial charge in [0.15, 0.2) is 0 Å². The van der Waals surface area contributed by atoms with E-state index in [1.165, 1.54) is 16.9 Å². The first-order valence-corrected chi connectivity index (χ1v) is 9.43. The molecular formula is C16H18N2OS2. The molecule has 2 heterocycles. The molecule has 0 N–H and O–H groups in total. The van der Waals surface area contributed by atoms with Gasteiger partial charge in [-0.25, -0.2) is 4.98 Å². The van der Waals surface area contributed by atoms with Gasteiger partial charge in [-0.2, -0.15) is 4.98 Å². The van der Waals surface area contributed by atoms with Crippen LogP contribution in [0, 0.1) is 0 Å². The summed E-state index contributed by atoms with van der Waals surface area (Å²) in [7, 11) is 0. The Labute approximate surface area is 132 Å². The molecule has 0 radical (unpaired) electrons. The molecule has 1 atom stereocenters. The monoisotopic (exact) mass is 318 g/mol. The number of allylic oxidation sites excluding steroid dienone is 4. The Morgan fingerprint density at radius 2 is 2.19 bits per heavy atom. The van der Waals surface area contributed by atoms with Crippen LogP contribution in [0.15, 0.2) is 34.7 Å². The van der Waals surface area contributed by atoms with Crippen molar-refractivity contribution in [1.82, 2.24) is 9.97 Å². The highest BCUT2D eigenvalue weighted by Crippen LogP contribution is 2.28. The van der Waals surface area contributed by atoms with Gasteiger partial charge in [-0.3, -0.25) is 0 Å². The van der Waals surface area contributed by atoms with E-state index < -0.39 is 11.2 Å². The molecule has 0 aromatic carbocycles. The topological polar surface area (TPSA) is 48.8 Å². The molecule has 0 aliphatic heterocycles. The lowest BCUT2D eigenvalue weighted by Crippen LogP contribution is -2.06. The maximum absolute atomic E-state index is 12.2. The molecule has 5 heteroatoms. The van der Waals surface area contributed by atoms with E-state index in [2.05, 4.69) is 35.1 Å². The van der Waals surface area contributed by atoms with Crippen molar-refractivity contribution in [2.24, 2.45) is 0 Å². The van der Waals surface area contributed by atoms with Gasteiger partial charge < -0.3 is 4.55 Å². The largest absolute Gasteiger partial charge is 0.610 e. The smallest absolute Gasteiger partial charge is 0.304 e. The van der Waals surface area contributed by atoms with Crippen LogP contribution in [-0.2, 0) is 11.2 Å². The zero-order chi connectivity index (χ0) is 14.7. The van der Waals surface area contributed by atoms with Crippen molar-refractivity contribution in [3.05, 3.63) is 36.1 Å². The van der Waals surface area contributed by atoms with Crippen molar-refractivity contribution in [2.75, 3.05) is 5.75 Å². The van der Waals surface area contributed by atoms with E-state index in [1.54, 1.807) is 0 Å². The third kappa shape index (κ3) is 3.36. The fourth-order valence-corrected chi connectivity index (χ4v) is 4.65. The van der Waals surface area contributed by atoms with Crippen molar-refractivity contribution < 1.29 is 4.55 Å². The molecule has 3 nitrogen and oxygen atoms in total. The predicted octanol–water partition coefficient (Wildman–Crippen LogP) is 4.33. The van der Waals surface area contributed by atoms with E-state index in [9.17, 15) is 4.55 Å². The zero-order valence-electron chi connectivity index (χ0n) is 12.0. The van der Waals surface area contributed by atoms with Crippen LogP contribution in [0.5, 0.6) is 0 Å². The summed E-state index contributed by atoms with van der Waals surface area (Å²) in [6.07, 6.45) is 10.5. The number of hydrogen-bond donors (Lipinski definition) is 0. The zero-order valence-corrected chi connectivity index (χ0v) is 13.7. The Kier molecular flexibility index (Phi) is 4.73. The highest BCUT2D eigenvalue weighted by atomic mass is 32.2. The molecule has 0 spiro atoms. The van der Waals surface area contributed by atoms with E-state index in [-0.39, 0.29) is 0 Å². The Hall–Kier alpha value is -1.17. The van der Waals surface area contributed by atoms with E-state index in [4.69, 9.17) is 0 Å². The summed E-state index contributed by atoms with van der Waals surface area (Å²) in [5.74, 6) is 0.704. The van der Waals surface area contributed by atoms with E-state index in [0.29, 0.717) is 10.1 Å². The number of thiazole rings is 1. The lowest BCUT2D eigenvalue weighted by Gasteiger charge is -2.05. The van der Waals surface area contributed by atoms with Gasteiger partial charge in [-0.15, -0.1) is 0 Å². The molecule has 0 bridgehead atoms. The molecule has 110 valence electrons. The predicted molar refractivity (Wildman–Crippen MR) is 89.9 cm³/mol. The molecule has 21 heavy (non-hydrogen) atoms. The van der Waals surface area contributed by atoms with Crippen molar-refractivity contribution in [2.45, 2.75) is 36.9 Å². The van der Waals surface area contributed by atoms with Gasteiger partial charge in [-0.05, 0) is 48.3 Å². The highest BCUT2D eigenvalue weighted by molar-refractivity contribution is 7.93. The molecule has 0 saturated carbocycles. The standard InChI is InChI=1S/C16H18N2OS2/c1-2-3-6-11-21(19)16-18-14-10-9-13(17-15(14)20-16)12-7-4-5-8-12/h4-5,7,9-10H,2-3,6,8,11H2,1H3. The first kappa shape index (κ1) is 14.8. The van der Waals surface area contributed by atoms with Crippen LogP contribution in [-0.4, -0.2) is 20.3 Å². The fraction of sp³-hybridized carbons (Fsp3) is 0.375. The molecule has 3 rings (SSSR count). The van der Waals surface area contributed by atoms with Gasteiger partial charge in [0.1, 0.15) is 16.1 Å². The van der Waals surface area contributed by atoms with E-state index >= 15 is 0 Å². The highest BCUT2D eigenvalue weighted by Gasteiger charge is 2.18. The maximum Gasteiger partial charge on any atom is 0.304 e. The van der Waals surface area contributed by atoms with Crippen molar-refractivity contribution in [3.8, 4) is 0 Å². The van der Waals surface area contributed by atoms with Gasteiger partial charge in [0.2, 0.25) is 0 Å². The molecule has 0 fully saturated rings. The number of aromatic nitrogens is 2. The number of fused-ring (bicyclic) bond motifs is 1. The Morgan fingerprint density at radius 1 is 1.29 bits per heavy atom. The van der Waals surface area contributed by atoms with Crippen LogP contribution < -0.4 is 0 Å². The summed E-state index contributed by atoms with van der Waals surface area (Å²) in [6, 6.07) is 3.99. The van der Waals surface area contributed by atoms with Crippen molar-refractivity contribution in [1.29, 1.82) is 0 Å². The third-order valence-electron chi connectivity index (χ3n) is 3.46. The molecule has 2 aromatic heterocycles. The van der Waals surface area contributed by atoms with Crippen LogP contribution in [0.4, 0.5) is 0 Å². The van der Waals surface area contributed by atoms with Gasteiger partial charge in [0, 0.05) is 11.2 Å². The summed E-state index contributed by atoms with van der Waals surface area (Å²) >= 11 is 0.481. The summed E-state index contributed by atoms with van der Waals surface area (Å²) < 4.78 is 13.0. The minimum atomic E-state index is -0.986. The second-order valence-corrected chi connectivity index (χ2v) is 7.80. The van der Waals surface area contributed by atoms with Gasteiger partial charge >= 0.3 is 4.34 Å². The van der Waals surface area contributed by atoms with Gasteiger partial charge in [0.05, 0.1) is 5.69 Å². The van der Waals surface area contributed by atoms with Crippen LogP contribution in [0.2, 0.25) is 0 Å². The van der Waals surface area contributed by atoms with Crippen LogP contribution in [0.1, 0.15) is 38.3 Å². The van der Waals surface area contributed by atoms with Gasteiger partial charge in [-0.1, -0.05) is 31.6 Å². The number of pyridine rings is 1. The minimum absolute atomic E-state index is 0.704. The number of unbranched alkanes of at least 4 members (excludes halogenated alkanes) is 2. The SMILES string of the molecule is CCCCC[S+]([O-])c1nc2ccc(C3=CC=CC3)nc2s1. The molecule has 0 saturated heterocycles. The Balaban J connectivity index is 1.79. The summed E-state index contributed by atoms with van der Waals surface area (Å²) in [4.78, 5) is 10.0. The number of rotatable bonds is 6. The second-order valence-electron chi connectivity index (χ2n) is 5.08. The van der Waals surface area contributed by atoms with Gasteiger partial charge in [0.25, 0.3) is 0 Å². The average Bonchev–Trinajstić information content (AvgIpc) is 3.15. The fourth-order valence-electron chi connectivity index (χ4n) is 2.28. The quantitative estimate of drug-likeness (QED) is 0.588. The van der Waals surface area contributed by atoms with Crippen molar-refractivity contribution >= 4 is 38.4 Å². The first-order valence-electron chi connectivity index (χ1n) is 7.30. The molecule has 1 unspecified atom stereocenters. The summed E-state index contributed by atoms with van der Waals surface area (Å²) in [6.45, 7) is 2.15.